The Labute approximate surface area is 169 Å². The molecule has 1 aliphatic rings. The van der Waals surface area contributed by atoms with Crippen molar-refractivity contribution in [3.63, 3.8) is 0 Å². The second kappa shape index (κ2) is 9.85. The summed E-state index contributed by atoms with van der Waals surface area (Å²) in [5.74, 6) is 2.66. The Morgan fingerprint density at radius 3 is 2.89 bits per heavy atom. The van der Waals surface area contributed by atoms with E-state index in [1.54, 1.807) is 30.6 Å². The van der Waals surface area contributed by atoms with E-state index in [-0.39, 0.29) is 5.91 Å². The third-order valence-electron chi connectivity index (χ3n) is 4.29. The summed E-state index contributed by atoms with van der Waals surface area (Å²) in [6, 6.07) is 13.9. The Morgan fingerprint density at radius 2 is 2.11 bits per heavy atom. The average Bonchev–Trinajstić information content (AvgIpc) is 3.20. The van der Waals surface area contributed by atoms with E-state index in [0.29, 0.717) is 6.54 Å². The normalized spacial score (nSPS) is 13.3. The van der Waals surface area contributed by atoms with Crippen LogP contribution in [0.2, 0.25) is 0 Å². The molecule has 0 radical (unpaired) electrons. The van der Waals surface area contributed by atoms with E-state index in [2.05, 4.69) is 23.3 Å². The van der Waals surface area contributed by atoms with Crippen molar-refractivity contribution in [2.75, 3.05) is 26.0 Å². The molecule has 1 amide bonds. The quantitative estimate of drug-likeness (QED) is 0.752. The largest absolute Gasteiger partial charge is 0.496 e. The van der Waals surface area contributed by atoms with Crippen molar-refractivity contribution in [2.24, 2.45) is 4.99 Å². The van der Waals surface area contributed by atoms with Gasteiger partial charge in [-0.1, -0.05) is 59.4 Å². The minimum Gasteiger partial charge on any atom is -0.496 e. The predicted molar refractivity (Wildman–Crippen MR) is 116 cm³/mol. The molecule has 1 aliphatic heterocycles. The second-order valence-corrected chi connectivity index (χ2v) is 8.57. The zero-order valence-corrected chi connectivity index (χ0v) is 17.3. The molecule has 0 saturated carbocycles. The van der Waals surface area contributed by atoms with Crippen LogP contribution in [0.25, 0.3) is 0 Å². The highest BCUT2D eigenvalue weighted by molar-refractivity contribution is 8.38. The first-order valence-corrected chi connectivity index (χ1v) is 10.9. The van der Waals surface area contributed by atoms with Gasteiger partial charge in [-0.3, -0.25) is 9.79 Å². The molecular formula is C21H24N2O2S2. The van der Waals surface area contributed by atoms with Crippen molar-refractivity contribution >= 4 is 33.8 Å². The first-order chi connectivity index (χ1) is 13.2. The maximum atomic E-state index is 12.7. The number of hydrogen-bond donors (Lipinski definition) is 1. The van der Waals surface area contributed by atoms with Gasteiger partial charge in [-0.05, 0) is 36.6 Å². The maximum absolute atomic E-state index is 12.7. The zero-order valence-electron chi connectivity index (χ0n) is 15.7. The topological polar surface area (TPSA) is 50.7 Å². The number of benzene rings is 2. The Kier molecular flexibility index (Phi) is 7.24. The summed E-state index contributed by atoms with van der Waals surface area (Å²) in [4.78, 5) is 17.1. The molecule has 0 atom stereocenters. The van der Waals surface area contributed by atoms with Crippen LogP contribution in [0.1, 0.15) is 27.0 Å². The number of aryl methyl sites for hydroxylation is 1. The van der Waals surface area contributed by atoms with Gasteiger partial charge in [0.2, 0.25) is 0 Å². The smallest absolute Gasteiger partial charge is 0.251 e. The van der Waals surface area contributed by atoms with Gasteiger partial charge in [0.15, 0.2) is 0 Å². The van der Waals surface area contributed by atoms with Gasteiger partial charge in [0.05, 0.1) is 13.7 Å². The van der Waals surface area contributed by atoms with Crippen LogP contribution in [-0.4, -0.2) is 36.2 Å². The lowest BCUT2D eigenvalue weighted by Gasteiger charge is -2.12. The third-order valence-corrected chi connectivity index (χ3v) is 6.59. The van der Waals surface area contributed by atoms with Gasteiger partial charge in [-0.2, -0.15) is 0 Å². The molecule has 27 heavy (non-hydrogen) atoms. The molecule has 1 N–H and O–H groups in total. The van der Waals surface area contributed by atoms with E-state index < -0.39 is 0 Å². The van der Waals surface area contributed by atoms with Crippen molar-refractivity contribution in [3.05, 3.63) is 64.7 Å². The van der Waals surface area contributed by atoms with Gasteiger partial charge in [0, 0.05) is 23.6 Å². The van der Waals surface area contributed by atoms with Crippen LogP contribution < -0.4 is 10.1 Å². The first-order valence-electron chi connectivity index (χ1n) is 8.97. The Morgan fingerprint density at radius 1 is 1.26 bits per heavy atom. The molecule has 0 fully saturated rings. The molecule has 142 valence electrons. The molecule has 0 aromatic heterocycles. The van der Waals surface area contributed by atoms with Gasteiger partial charge >= 0.3 is 0 Å². The van der Waals surface area contributed by atoms with Gasteiger partial charge < -0.3 is 10.1 Å². The molecule has 0 unspecified atom stereocenters. The fourth-order valence-corrected chi connectivity index (χ4v) is 4.93. The van der Waals surface area contributed by atoms with Crippen LogP contribution in [-0.2, 0) is 12.2 Å². The van der Waals surface area contributed by atoms with Crippen LogP contribution in [0.15, 0.2) is 47.5 Å². The highest BCUT2D eigenvalue weighted by atomic mass is 32.2. The first kappa shape index (κ1) is 19.8. The van der Waals surface area contributed by atoms with Crippen LogP contribution in [0.3, 0.4) is 0 Å². The number of aliphatic imine (C=N–C) groups is 1. The molecule has 2 aromatic carbocycles. The second-order valence-electron chi connectivity index (χ2n) is 6.26. The number of nitrogens with one attached hydrogen (secondary N) is 1. The minimum atomic E-state index is -0.0289. The van der Waals surface area contributed by atoms with Crippen LogP contribution in [0, 0.1) is 6.92 Å². The van der Waals surface area contributed by atoms with Gasteiger partial charge in [0.1, 0.15) is 10.1 Å². The number of rotatable bonds is 7. The minimum absolute atomic E-state index is 0.0289. The number of nitrogens with zero attached hydrogens (tertiary/aromatic N) is 1. The van der Waals surface area contributed by atoms with Gasteiger partial charge in [-0.25, -0.2) is 0 Å². The lowest BCUT2D eigenvalue weighted by Crippen LogP contribution is -2.26. The Hall–Kier alpha value is -1.92. The average molecular weight is 401 g/mol. The Bertz CT molecular complexity index is 837. The van der Waals surface area contributed by atoms with Crippen molar-refractivity contribution in [1.29, 1.82) is 0 Å². The molecule has 0 aliphatic carbocycles. The van der Waals surface area contributed by atoms with E-state index in [4.69, 9.17) is 4.74 Å². The SMILES string of the molecule is COc1ccc(C)cc1CCNC(=O)c1ccccc1CSC1=NCCS1. The van der Waals surface area contributed by atoms with E-state index >= 15 is 0 Å². The summed E-state index contributed by atoms with van der Waals surface area (Å²) < 4.78 is 6.54. The highest BCUT2D eigenvalue weighted by Crippen LogP contribution is 2.26. The number of methoxy groups -OCH3 is 1. The highest BCUT2D eigenvalue weighted by Gasteiger charge is 2.14. The van der Waals surface area contributed by atoms with E-state index in [1.807, 2.05) is 36.4 Å². The summed E-state index contributed by atoms with van der Waals surface area (Å²) in [6.07, 6.45) is 0.737. The zero-order chi connectivity index (χ0) is 19.1. The lowest BCUT2D eigenvalue weighted by atomic mass is 10.1. The number of carbonyl (C=O) groups excluding carboxylic acids is 1. The summed E-state index contributed by atoms with van der Waals surface area (Å²) in [7, 11) is 1.67. The summed E-state index contributed by atoms with van der Waals surface area (Å²) in [6.45, 7) is 3.53. The molecule has 1 heterocycles. The molecular weight excluding hydrogens is 376 g/mol. The summed E-state index contributed by atoms with van der Waals surface area (Å²) in [5, 5.41) is 3.05. The van der Waals surface area contributed by atoms with Gasteiger partial charge in [-0.15, -0.1) is 0 Å². The molecule has 4 nitrogen and oxygen atoms in total. The molecule has 2 aromatic rings. The monoisotopic (exact) mass is 400 g/mol. The van der Waals surface area contributed by atoms with Crippen molar-refractivity contribution < 1.29 is 9.53 Å². The van der Waals surface area contributed by atoms with Crippen molar-refractivity contribution in [3.8, 4) is 5.75 Å². The molecule has 3 rings (SSSR count). The molecule has 6 heteroatoms. The fourth-order valence-electron chi connectivity index (χ4n) is 2.92. The van der Waals surface area contributed by atoms with Gasteiger partial charge in [0.25, 0.3) is 5.91 Å². The lowest BCUT2D eigenvalue weighted by molar-refractivity contribution is 0.0953. The number of ether oxygens (including phenoxy) is 1. The summed E-state index contributed by atoms with van der Waals surface area (Å²) in [5.41, 5.74) is 4.08. The summed E-state index contributed by atoms with van der Waals surface area (Å²) >= 11 is 3.50. The van der Waals surface area contributed by atoms with E-state index in [1.165, 1.54) is 5.56 Å². The van der Waals surface area contributed by atoms with Crippen LogP contribution in [0.4, 0.5) is 0 Å². The standard InChI is InChI=1S/C21H24N2O2S2/c1-15-7-8-19(25-2)16(13-15)9-10-22-20(24)18-6-4-3-5-17(18)14-27-21-23-11-12-26-21/h3-8,13H,9-12,14H2,1-2H3,(H,22,24). The van der Waals surface area contributed by atoms with E-state index in [0.717, 1.165) is 51.3 Å². The fraction of sp³-hybridized carbons (Fsp3) is 0.333. The molecule has 0 bridgehead atoms. The van der Waals surface area contributed by atoms with Crippen LogP contribution in [0.5, 0.6) is 5.75 Å². The molecule has 0 spiro atoms. The number of thioether (sulfide) groups is 2. The van der Waals surface area contributed by atoms with Crippen molar-refractivity contribution in [2.45, 2.75) is 19.1 Å². The van der Waals surface area contributed by atoms with Crippen LogP contribution >= 0.6 is 23.5 Å². The third kappa shape index (κ3) is 5.53. The maximum Gasteiger partial charge on any atom is 0.251 e. The number of carbonyl (C=O) groups is 1. The predicted octanol–water partition coefficient (Wildman–Crippen LogP) is 4.31. The van der Waals surface area contributed by atoms with Crippen molar-refractivity contribution in [1.82, 2.24) is 5.32 Å². The number of hydrogen-bond acceptors (Lipinski definition) is 5. The number of amides is 1. The Balaban J connectivity index is 1.59. The molecule has 0 saturated heterocycles. The van der Waals surface area contributed by atoms with E-state index in [9.17, 15) is 4.79 Å².